The van der Waals surface area contributed by atoms with Crippen LogP contribution in [0.25, 0.3) is 0 Å². The Bertz CT molecular complexity index is 777. The van der Waals surface area contributed by atoms with Gasteiger partial charge in [0.2, 0.25) is 5.91 Å². The van der Waals surface area contributed by atoms with Crippen molar-refractivity contribution < 1.29 is 24.6 Å². The molecular weight excluding hydrogens is 395 g/mol. The van der Waals surface area contributed by atoms with Gasteiger partial charge in [0.25, 0.3) is 0 Å². The van der Waals surface area contributed by atoms with E-state index in [4.69, 9.17) is 28.3 Å². The summed E-state index contributed by atoms with van der Waals surface area (Å²) in [7, 11) is 0. The molecule has 0 spiro atoms. The van der Waals surface area contributed by atoms with Crippen LogP contribution in [0.5, 0.6) is 5.75 Å². The van der Waals surface area contributed by atoms with Gasteiger partial charge in [-0.05, 0) is 25.3 Å². The second-order valence-corrected chi connectivity index (χ2v) is 7.78. The van der Waals surface area contributed by atoms with Gasteiger partial charge in [0.05, 0.1) is 21.5 Å². The second-order valence-electron chi connectivity index (χ2n) is 6.96. The number of aromatic hydroxyl groups is 1. The average molecular weight is 415 g/mol. The fourth-order valence-corrected chi connectivity index (χ4v) is 4.03. The van der Waals surface area contributed by atoms with Crippen molar-refractivity contribution in [2.75, 3.05) is 26.2 Å². The van der Waals surface area contributed by atoms with E-state index in [9.17, 15) is 19.5 Å². The van der Waals surface area contributed by atoms with Crippen molar-refractivity contribution in [3.05, 3.63) is 27.7 Å². The van der Waals surface area contributed by atoms with Gasteiger partial charge in [-0.1, -0.05) is 23.2 Å². The minimum atomic E-state index is -1.00. The number of carbonyl (C=O) groups excluding carboxylic acids is 2. The molecule has 0 aromatic heterocycles. The first-order valence-electron chi connectivity index (χ1n) is 8.76. The zero-order chi connectivity index (χ0) is 19.7. The predicted molar refractivity (Wildman–Crippen MR) is 99.5 cm³/mol. The Balaban J connectivity index is 1.59. The van der Waals surface area contributed by atoms with Crippen molar-refractivity contribution in [2.45, 2.75) is 19.3 Å². The predicted octanol–water partition coefficient (Wildman–Crippen LogP) is 3.12. The maximum absolute atomic E-state index is 12.7. The van der Waals surface area contributed by atoms with E-state index in [1.807, 2.05) is 0 Å². The van der Waals surface area contributed by atoms with Gasteiger partial charge >= 0.3 is 6.09 Å². The number of Topliss-reactive ketones (excluding diaryl/α,β-unsaturated/α-hetero) is 1. The average Bonchev–Trinajstić information content (AvgIpc) is 3.14. The molecule has 3 rings (SSSR count). The van der Waals surface area contributed by atoms with E-state index in [1.54, 1.807) is 4.90 Å². The molecule has 27 heavy (non-hydrogen) atoms. The molecule has 2 N–H and O–H groups in total. The van der Waals surface area contributed by atoms with E-state index in [0.29, 0.717) is 38.9 Å². The molecule has 7 nitrogen and oxygen atoms in total. The molecule has 2 saturated heterocycles. The van der Waals surface area contributed by atoms with Crippen LogP contribution >= 0.6 is 23.2 Å². The Morgan fingerprint density at radius 3 is 2.07 bits per heavy atom. The fraction of sp³-hybridized carbons (Fsp3) is 0.500. The molecule has 0 unspecified atom stereocenters. The van der Waals surface area contributed by atoms with Gasteiger partial charge in [-0.15, -0.1) is 0 Å². The van der Waals surface area contributed by atoms with E-state index >= 15 is 0 Å². The number of hydrogen-bond donors (Lipinski definition) is 2. The van der Waals surface area contributed by atoms with Crippen molar-refractivity contribution in [1.29, 1.82) is 0 Å². The topological polar surface area (TPSA) is 98.2 Å². The van der Waals surface area contributed by atoms with Crippen LogP contribution in [0, 0.1) is 11.8 Å². The quantitative estimate of drug-likeness (QED) is 0.740. The summed E-state index contributed by atoms with van der Waals surface area (Å²) in [5.41, 5.74) is 0.141. The number of phenols is 1. The standard InChI is InChI=1S/C18H20Cl2N2O5/c19-13-7-12(15(23)8-14(13)20)16(24)10-1-4-21(5-2-10)17(25)11-3-6-22(9-11)18(26)27/h7-8,10-11,23H,1-6,9H2,(H,26,27)/t11-/m1/s1. The monoisotopic (exact) mass is 414 g/mol. The molecule has 2 heterocycles. The summed E-state index contributed by atoms with van der Waals surface area (Å²) in [4.78, 5) is 39.3. The van der Waals surface area contributed by atoms with E-state index in [1.165, 1.54) is 17.0 Å². The molecule has 1 atom stereocenters. The minimum Gasteiger partial charge on any atom is -0.507 e. The maximum Gasteiger partial charge on any atom is 0.407 e. The molecule has 0 aliphatic carbocycles. The number of ketones is 1. The van der Waals surface area contributed by atoms with Gasteiger partial charge in [-0.25, -0.2) is 4.79 Å². The molecule has 1 aromatic carbocycles. The summed E-state index contributed by atoms with van der Waals surface area (Å²) >= 11 is 11.8. The van der Waals surface area contributed by atoms with E-state index in [-0.39, 0.29) is 51.4 Å². The summed E-state index contributed by atoms with van der Waals surface area (Å²) in [6.07, 6.45) is 0.497. The van der Waals surface area contributed by atoms with Gasteiger partial charge < -0.3 is 20.0 Å². The molecule has 2 aliphatic rings. The molecule has 2 fully saturated rings. The molecule has 9 heteroatoms. The lowest BCUT2D eigenvalue weighted by atomic mass is 9.88. The van der Waals surface area contributed by atoms with Crippen LogP contribution in [0.3, 0.4) is 0 Å². The van der Waals surface area contributed by atoms with Gasteiger partial charge in [-0.2, -0.15) is 0 Å². The Kier molecular flexibility index (Phi) is 5.81. The number of rotatable bonds is 3. The van der Waals surface area contributed by atoms with Crippen molar-refractivity contribution >= 4 is 41.0 Å². The van der Waals surface area contributed by atoms with Crippen molar-refractivity contribution in [2.24, 2.45) is 11.8 Å². The van der Waals surface area contributed by atoms with Crippen LogP contribution in [0.4, 0.5) is 4.79 Å². The Hall–Kier alpha value is -1.99. The zero-order valence-electron chi connectivity index (χ0n) is 14.5. The third-order valence-electron chi connectivity index (χ3n) is 5.29. The van der Waals surface area contributed by atoms with Gasteiger partial charge in [-0.3, -0.25) is 9.59 Å². The van der Waals surface area contributed by atoms with Crippen molar-refractivity contribution in [1.82, 2.24) is 9.80 Å². The summed E-state index contributed by atoms with van der Waals surface area (Å²) in [5, 5.41) is 19.4. The number of amides is 2. The molecular formula is C18H20Cl2N2O5. The first-order chi connectivity index (χ1) is 12.8. The van der Waals surface area contributed by atoms with E-state index in [0.717, 1.165) is 0 Å². The van der Waals surface area contributed by atoms with Crippen LogP contribution < -0.4 is 0 Å². The number of carbonyl (C=O) groups is 3. The first kappa shape index (κ1) is 19.8. The highest BCUT2D eigenvalue weighted by atomic mass is 35.5. The molecule has 0 saturated carbocycles. The Labute approximate surface area is 166 Å². The van der Waals surface area contributed by atoms with Crippen LogP contribution in [-0.4, -0.2) is 64.0 Å². The fourth-order valence-electron chi connectivity index (χ4n) is 3.71. The molecule has 0 radical (unpaired) electrons. The lowest BCUT2D eigenvalue weighted by Crippen LogP contribution is -2.44. The third-order valence-corrected chi connectivity index (χ3v) is 6.01. The third kappa shape index (κ3) is 4.14. The number of hydrogen-bond acceptors (Lipinski definition) is 4. The number of nitrogens with zero attached hydrogens (tertiary/aromatic N) is 2. The largest absolute Gasteiger partial charge is 0.507 e. The number of phenolic OH excluding ortho intramolecular Hbond substituents is 1. The number of likely N-dealkylation sites (tertiary alicyclic amines) is 2. The first-order valence-corrected chi connectivity index (χ1v) is 9.52. The van der Waals surface area contributed by atoms with Crippen molar-refractivity contribution in [3.8, 4) is 5.75 Å². The van der Waals surface area contributed by atoms with E-state index < -0.39 is 6.09 Å². The van der Waals surface area contributed by atoms with Crippen molar-refractivity contribution in [3.63, 3.8) is 0 Å². The summed E-state index contributed by atoms with van der Waals surface area (Å²) < 4.78 is 0. The number of piperidine rings is 1. The van der Waals surface area contributed by atoms with Crippen LogP contribution in [-0.2, 0) is 4.79 Å². The number of halogens is 2. The number of benzene rings is 1. The summed E-state index contributed by atoms with van der Waals surface area (Å²) in [6, 6.07) is 2.63. The lowest BCUT2D eigenvalue weighted by molar-refractivity contribution is -0.136. The highest BCUT2D eigenvalue weighted by Crippen LogP contribution is 2.33. The van der Waals surface area contributed by atoms with Crippen LogP contribution in [0.2, 0.25) is 10.0 Å². The normalized spacial score (nSPS) is 20.7. The van der Waals surface area contributed by atoms with Gasteiger partial charge in [0, 0.05) is 38.2 Å². The highest BCUT2D eigenvalue weighted by molar-refractivity contribution is 6.42. The highest BCUT2D eigenvalue weighted by Gasteiger charge is 2.36. The summed E-state index contributed by atoms with van der Waals surface area (Å²) in [5.74, 6) is -1.09. The zero-order valence-corrected chi connectivity index (χ0v) is 16.0. The van der Waals surface area contributed by atoms with Gasteiger partial charge in [0.1, 0.15) is 5.75 Å². The Morgan fingerprint density at radius 2 is 1.48 bits per heavy atom. The molecule has 2 amide bonds. The maximum atomic E-state index is 12.7. The second kappa shape index (κ2) is 7.94. The molecule has 146 valence electrons. The summed E-state index contributed by atoms with van der Waals surface area (Å²) in [6.45, 7) is 1.46. The number of carboxylic acid groups (broad SMARTS) is 1. The lowest BCUT2D eigenvalue weighted by Gasteiger charge is -2.33. The molecule has 2 aliphatic heterocycles. The Morgan fingerprint density at radius 1 is 0.926 bits per heavy atom. The van der Waals surface area contributed by atoms with E-state index in [2.05, 4.69) is 0 Å². The van der Waals surface area contributed by atoms with Crippen LogP contribution in [0.1, 0.15) is 29.6 Å². The SMILES string of the molecule is O=C(c1cc(Cl)c(Cl)cc1O)C1CCN(C(=O)[C@@H]2CCN(C(=O)O)C2)CC1. The van der Waals surface area contributed by atoms with Gasteiger partial charge in [0.15, 0.2) is 5.78 Å². The smallest absolute Gasteiger partial charge is 0.407 e. The van der Waals surface area contributed by atoms with Crippen LogP contribution in [0.15, 0.2) is 12.1 Å². The minimum absolute atomic E-state index is 0.0537. The molecule has 0 bridgehead atoms. The molecule has 1 aromatic rings.